The standard InChI is InChI=1S/C24H40O7/c1-21(11-7-17(28-21)23(3)13-9-19(25)30-23)15-5-6-16(27-15)22(2)12-8-18(29-22)24(4)14-10-20(26)31-24/h15-20,25-26H,5-14H2,1-4H3/t15-,16-,17-,18-,19?,20?,21+,22+,23+,24+/m1/s1. The second-order valence-corrected chi connectivity index (χ2v) is 11.5. The van der Waals surface area contributed by atoms with Crippen LogP contribution in [0.1, 0.15) is 91.9 Å². The molecule has 10 atom stereocenters. The van der Waals surface area contributed by atoms with E-state index < -0.39 is 23.8 Å². The van der Waals surface area contributed by atoms with Crippen LogP contribution in [0.3, 0.4) is 0 Å². The van der Waals surface area contributed by atoms with Crippen LogP contribution < -0.4 is 0 Å². The molecule has 5 heterocycles. The molecule has 0 amide bonds. The number of hydrogen-bond donors (Lipinski definition) is 2. The van der Waals surface area contributed by atoms with Crippen molar-refractivity contribution in [2.24, 2.45) is 0 Å². The molecule has 2 unspecified atom stereocenters. The second kappa shape index (κ2) is 7.62. The van der Waals surface area contributed by atoms with E-state index in [9.17, 15) is 10.2 Å². The summed E-state index contributed by atoms with van der Waals surface area (Å²) in [4.78, 5) is 0. The van der Waals surface area contributed by atoms with Crippen LogP contribution in [0, 0.1) is 0 Å². The van der Waals surface area contributed by atoms with Gasteiger partial charge in [-0.15, -0.1) is 0 Å². The van der Waals surface area contributed by atoms with Gasteiger partial charge in [0.2, 0.25) is 0 Å². The molecule has 5 saturated heterocycles. The Morgan fingerprint density at radius 2 is 0.839 bits per heavy atom. The smallest absolute Gasteiger partial charge is 0.155 e. The van der Waals surface area contributed by atoms with E-state index in [-0.39, 0.29) is 35.6 Å². The van der Waals surface area contributed by atoms with Gasteiger partial charge in [0.05, 0.1) is 46.8 Å². The van der Waals surface area contributed by atoms with Gasteiger partial charge in [0.15, 0.2) is 12.6 Å². The maximum atomic E-state index is 9.84. The first-order valence-corrected chi connectivity index (χ1v) is 12.3. The predicted molar refractivity (Wildman–Crippen MR) is 112 cm³/mol. The highest BCUT2D eigenvalue weighted by Crippen LogP contribution is 2.50. The molecule has 7 nitrogen and oxygen atoms in total. The average molecular weight is 441 g/mol. The number of aliphatic hydroxyl groups excluding tert-OH is 2. The number of aliphatic hydroxyl groups is 2. The highest BCUT2D eigenvalue weighted by Gasteiger charge is 2.57. The van der Waals surface area contributed by atoms with Crippen LogP contribution >= 0.6 is 0 Å². The van der Waals surface area contributed by atoms with Gasteiger partial charge in [-0.3, -0.25) is 0 Å². The molecule has 5 aliphatic heterocycles. The van der Waals surface area contributed by atoms with Crippen LogP contribution in [-0.2, 0) is 23.7 Å². The van der Waals surface area contributed by atoms with E-state index in [2.05, 4.69) is 27.7 Å². The van der Waals surface area contributed by atoms with Crippen LogP contribution in [0.4, 0.5) is 0 Å². The van der Waals surface area contributed by atoms with Gasteiger partial charge in [0.1, 0.15) is 0 Å². The Balaban J connectivity index is 1.20. The van der Waals surface area contributed by atoms with Gasteiger partial charge < -0.3 is 33.9 Å². The van der Waals surface area contributed by atoms with Gasteiger partial charge in [0.25, 0.3) is 0 Å². The van der Waals surface area contributed by atoms with Crippen LogP contribution in [0.2, 0.25) is 0 Å². The van der Waals surface area contributed by atoms with Crippen molar-refractivity contribution >= 4 is 0 Å². The van der Waals surface area contributed by atoms with Gasteiger partial charge in [0, 0.05) is 12.8 Å². The van der Waals surface area contributed by atoms with Crippen LogP contribution in [0.15, 0.2) is 0 Å². The van der Waals surface area contributed by atoms with Crippen molar-refractivity contribution in [2.45, 2.75) is 151 Å². The minimum Gasteiger partial charge on any atom is -0.369 e. The highest BCUT2D eigenvalue weighted by atomic mass is 16.7. The molecule has 0 aromatic heterocycles. The van der Waals surface area contributed by atoms with E-state index in [1.54, 1.807) is 0 Å². The van der Waals surface area contributed by atoms with E-state index in [4.69, 9.17) is 23.7 Å². The summed E-state index contributed by atoms with van der Waals surface area (Å²) in [6, 6.07) is 0. The zero-order valence-electron chi connectivity index (χ0n) is 19.5. The molecule has 0 aromatic rings. The molecule has 178 valence electrons. The van der Waals surface area contributed by atoms with Gasteiger partial charge in [-0.05, 0) is 79.1 Å². The summed E-state index contributed by atoms with van der Waals surface area (Å²) in [7, 11) is 0. The largest absolute Gasteiger partial charge is 0.369 e. The van der Waals surface area contributed by atoms with Crippen molar-refractivity contribution in [3.63, 3.8) is 0 Å². The zero-order valence-corrected chi connectivity index (χ0v) is 19.5. The van der Waals surface area contributed by atoms with E-state index in [1.165, 1.54) is 0 Å². The Morgan fingerprint density at radius 3 is 1.19 bits per heavy atom. The third-order valence-electron chi connectivity index (χ3n) is 8.96. The van der Waals surface area contributed by atoms with Crippen molar-refractivity contribution < 1.29 is 33.9 Å². The summed E-state index contributed by atoms with van der Waals surface area (Å²) >= 11 is 0. The predicted octanol–water partition coefficient (Wildman–Crippen LogP) is 3.18. The molecule has 5 fully saturated rings. The summed E-state index contributed by atoms with van der Waals surface area (Å²) in [5.74, 6) is 0. The number of ether oxygens (including phenoxy) is 5. The molecule has 7 heteroatoms. The van der Waals surface area contributed by atoms with Gasteiger partial charge in [-0.1, -0.05) is 0 Å². The lowest BCUT2D eigenvalue weighted by Gasteiger charge is -2.38. The summed E-state index contributed by atoms with van der Waals surface area (Å²) in [5, 5.41) is 19.7. The van der Waals surface area contributed by atoms with E-state index in [0.717, 1.165) is 51.4 Å². The molecule has 0 saturated carbocycles. The first kappa shape index (κ1) is 22.5. The van der Waals surface area contributed by atoms with E-state index in [0.29, 0.717) is 12.8 Å². The Hall–Kier alpha value is -0.280. The van der Waals surface area contributed by atoms with Gasteiger partial charge in [-0.25, -0.2) is 0 Å². The minimum absolute atomic E-state index is 0.00844. The van der Waals surface area contributed by atoms with Crippen LogP contribution in [-0.4, -0.2) is 69.6 Å². The van der Waals surface area contributed by atoms with Crippen molar-refractivity contribution in [3.8, 4) is 0 Å². The lowest BCUT2D eigenvalue weighted by atomic mass is 9.89. The average Bonchev–Trinajstić information content (AvgIpc) is 3.48. The molecule has 2 N–H and O–H groups in total. The molecule has 5 aliphatic rings. The van der Waals surface area contributed by atoms with Gasteiger partial charge >= 0.3 is 0 Å². The fraction of sp³-hybridized carbons (Fsp3) is 1.00. The summed E-state index contributed by atoms with van der Waals surface area (Å²) < 4.78 is 31.5. The van der Waals surface area contributed by atoms with Crippen LogP contribution in [0.5, 0.6) is 0 Å². The third kappa shape index (κ3) is 3.88. The molecule has 0 radical (unpaired) electrons. The van der Waals surface area contributed by atoms with E-state index in [1.807, 2.05) is 0 Å². The fourth-order valence-electron chi connectivity index (χ4n) is 6.74. The van der Waals surface area contributed by atoms with Crippen molar-refractivity contribution in [3.05, 3.63) is 0 Å². The third-order valence-corrected chi connectivity index (χ3v) is 8.96. The molecule has 0 aliphatic carbocycles. The summed E-state index contributed by atoms with van der Waals surface area (Å²) in [5.41, 5.74) is -1.49. The lowest BCUT2D eigenvalue weighted by molar-refractivity contribution is -0.221. The molecule has 0 bridgehead atoms. The zero-order chi connectivity index (χ0) is 22.1. The van der Waals surface area contributed by atoms with E-state index >= 15 is 0 Å². The SMILES string of the molecule is C[C@@]1([C@H]2CC[C@@](C)([C@H]3CC[C@H]([C@]4(C)CC[C@H]([C@]5(C)CCC(O)O5)O4)O3)O2)CCC(O)O1. The molecule has 5 rings (SSSR count). The summed E-state index contributed by atoms with van der Waals surface area (Å²) in [6.45, 7) is 8.47. The Kier molecular flexibility index (Phi) is 5.53. The first-order valence-electron chi connectivity index (χ1n) is 12.3. The topological polar surface area (TPSA) is 86.6 Å². The highest BCUT2D eigenvalue weighted by molar-refractivity contribution is 5.05. The molecule has 0 aromatic carbocycles. The second-order valence-electron chi connectivity index (χ2n) is 11.5. The number of rotatable bonds is 4. The quantitative estimate of drug-likeness (QED) is 0.694. The molecule has 0 spiro atoms. The van der Waals surface area contributed by atoms with Crippen molar-refractivity contribution in [2.75, 3.05) is 0 Å². The maximum Gasteiger partial charge on any atom is 0.155 e. The first-order chi connectivity index (χ1) is 14.5. The van der Waals surface area contributed by atoms with Gasteiger partial charge in [-0.2, -0.15) is 0 Å². The molecule has 31 heavy (non-hydrogen) atoms. The Morgan fingerprint density at radius 1 is 0.484 bits per heavy atom. The lowest BCUT2D eigenvalue weighted by Crippen LogP contribution is -2.47. The van der Waals surface area contributed by atoms with Crippen molar-refractivity contribution in [1.82, 2.24) is 0 Å². The minimum atomic E-state index is -0.674. The Labute approximate surface area is 185 Å². The maximum absolute atomic E-state index is 9.84. The Bertz CT molecular complexity index is 633. The van der Waals surface area contributed by atoms with Crippen LogP contribution in [0.25, 0.3) is 0 Å². The summed E-state index contributed by atoms with van der Waals surface area (Å²) in [6.07, 6.45) is 7.37. The monoisotopic (exact) mass is 440 g/mol. The normalized spacial score (nSPS) is 57.9. The molecular weight excluding hydrogens is 400 g/mol. The van der Waals surface area contributed by atoms with Crippen molar-refractivity contribution in [1.29, 1.82) is 0 Å². The fourth-order valence-corrected chi connectivity index (χ4v) is 6.74. The molecular formula is C24H40O7. The number of hydrogen-bond acceptors (Lipinski definition) is 7.